The third kappa shape index (κ3) is 4.02. The van der Waals surface area contributed by atoms with Crippen molar-refractivity contribution in [3.63, 3.8) is 0 Å². The van der Waals surface area contributed by atoms with Crippen LogP contribution in [0.3, 0.4) is 0 Å². The number of rotatable bonds is 4. The zero-order valence-corrected chi connectivity index (χ0v) is 18.3. The number of benzene rings is 1. The van der Waals surface area contributed by atoms with Gasteiger partial charge in [0.05, 0.1) is 12.6 Å². The van der Waals surface area contributed by atoms with Gasteiger partial charge in [-0.15, -0.1) is 0 Å². The van der Waals surface area contributed by atoms with Crippen LogP contribution in [0.1, 0.15) is 45.6 Å². The Kier molecular flexibility index (Phi) is 5.96. The van der Waals surface area contributed by atoms with Crippen molar-refractivity contribution in [1.29, 1.82) is 0 Å². The average molecular weight is 424 g/mol. The molecule has 2 atom stereocenters. The van der Waals surface area contributed by atoms with Crippen LogP contribution in [0.4, 0.5) is 0 Å². The molecule has 0 spiro atoms. The number of carbonyl (C=O) groups excluding carboxylic acids is 2. The first-order valence-electron chi connectivity index (χ1n) is 10.8. The molecule has 1 aromatic heterocycles. The minimum Gasteiger partial charge on any atom is -0.376 e. The summed E-state index contributed by atoms with van der Waals surface area (Å²) in [6.45, 7) is 5.10. The second-order valence-corrected chi connectivity index (χ2v) is 8.43. The van der Waals surface area contributed by atoms with Gasteiger partial charge in [-0.3, -0.25) is 14.4 Å². The van der Waals surface area contributed by atoms with Gasteiger partial charge in [0.15, 0.2) is 0 Å². The van der Waals surface area contributed by atoms with E-state index in [-0.39, 0.29) is 23.1 Å². The van der Waals surface area contributed by atoms with E-state index in [1.165, 1.54) is 4.90 Å². The molecule has 1 saturated heterocycles. The quantitative estimate of drug-likeness (QED) is 0.815. The molecule has 0 saturated carbocycles. The van der Waals surface area contributed by atoms with Gasteiger partial charge >= 0.3 is 0 Å². The van der Waals surface area contributed by atoms with Gasteiger partial charge in [0.2, 0.25) is 5.91 Å². The van der Waals surface area contributed by atoms with E-state index in [0.29, 0.717) is 31.7 Å². The molecule has 0 radical (unpaired) electrons. The molecule has 31 heavy (non-hydrogen) atoms. The summed E-state index contributed by atoms with van der Waals surface area (Å²) < 4.78 is 7.35. The lowest BCUT2D eigenvalue weighted by Crippen LogP contribution is -2.53. The number of aromatic nitrogens is 1. The fourth-order valence-corrected chi connectivity index (χ4v) is 4.69. The van der Waals surface area contributed by atoms with E-state index < -0.39 is 11.9 Å². The van der Waals surface area contributed by atoms with E-state index in [4.69, 9.17) is 4.74 Å². The highest BCUT2D eigenvalue weighted by Gasteiger charge is 2.36. The van der Waals surface area contributed by atoms with Gasteiger partial charge in [0.1, 0.15) is 11.6 Å². The number of hydrogen-bond acceptors (Lipinski definition) is 4. The lowest BCUT2D eigenvalue weighted by molar-refractivity contribution is -0.125. The number of amides is 2. The molecular formula is C24H29N3O4. The Morgan fingerprint density at radius 1 is 1.19 bits per heavy atom. The Morgan fingerprint density at radius 2 is 1.94 bits per heavy atom. The third-order valence-corrected chi connectivity index (χ3v) is 6.39. The van der Waals surface area contributed by atoms with Gasteiger partial charge in [-0.1, -0.05) is 24.3 Å². The van der Waals surface area contributed by atoms with Crippen molar-refractivity contribution in [3.8, 4) is 0 Å². The van der Waals surface area contributed by atoms with Crippen molar-refractivity contribution in [1.82, 2.24) is 14.8 Å². The molecule has 2 aliphatic rings. The standard InChI is InChI=1S/C24H29N3O4/c1-15-11-16(2)26(14-19-9-6-10-31-19)23(29)21(15)24(30)27-13-18-8-5-4-7-17(18)12-20(27)22(28)25-3/h4-5,7-8,11,19-20H,6,9-10,12-14H2,1-3H3,(H,25,28)/t19?,20-/m1/s1. The molecule has 7 nitrogen and oxygen atoms in total. The first-order chi connectivity index (χ1) is 14.9. The molecule has 1 N–H and O–H groups in total. The minimum absolute atomic E-state index is 0.0115. The Balaban J connectivity index is 1.73. The molecule has 1 fully saturated rings. The number of nitrogens with zero attached hydrogens (tertiary/aromatic N) is 2. The van der Waals surface area contributed by atoms with Gasteiger partial charge < -0.3 is 19.5 Å². The van der Waals surface area contributed by atoms with E-state index in [1.54, 1.807) is 18.5 Å². The van der Waals surface area contributed by atoms with Crippen molar-refractivity contribution in [2.75, 3.05) is 13.7 Å². The second-order valence-electron chi connectivity index (χ2n) is 8.43. The fourth-order valence-electron chi connectivity index (χ4n) is 4.69. The Bertz CT molecular complexity index is 1070. The smallest absolute Gasteiger partial charge is 0.263 e. The highest BCUT2D eigenvalue weighted by molar-refractivity contribution is 5.98. The van der Waals surface area contributed by atoms with E-state index in [0.717, 1.165) is 29.7 Å². The molecule has 1 aromatic carbocycles. The van der Waals surface area contributed by atoms with E-state index >= 15 is 0 Å². The molecule has 4 rings (SSSR count). The van der Waals surface area contributed by atoms with E-state index in [1.807, 2.05) is 37.3 Å². The van der Waals surface area contributed by atoms with Crippen molar-refractivity contribution < 1.29 is 14.3 Å². The summed E-state index contributed by atoms with van der Waals surface area (Å²) in [5, 5.41) is 2.67. The molecule has 164 valence electrons. The third-order valence-electron chi connectivity index (χ3n) is 6.39. The van der Waals surface area contributed by atoms with Gasteiger partial charge in [0.25, 0.3) is 11.5 Å². The first-order valence-corrected chi connectivity index (χ1v) is 10.8. The molecule has 0 aliphatic carbocycles. The maximum Gasteiger partial charge on any atom is 0.263 e. The van der Waals surface area contributed by atoms with Crippen LogP contribution < -0.4 is 10.9 Å². The molecule has 2 aliphatic heterocycles. The summed E-state index contributed by atoms with van der Waals surface area (Å²) in [7, 11) is 1.57. The van der Waals surface area contributed by atoms with Gasteiger partial charge in [0, 0.05) is 32.3 Å². The number of carbonyl (C=O) groups is 2. The summed E-state index contributed by atoms with van der Waals surface area (Å²) in [5.74, 6) is -0.626. The number of pyridine rings is 1. The summed E-state index contributed by atoms with van der Waals surface area (Å²) in [5.41, 5.74) is 3.31. The highest BCUT2D eigenvalue weighted by atomic mass is 16.5. The van der Waals surface area contributed by atoms with Crippen LogP contribution in [0.2, 0.25) is 0 Å². The molecular weight excluding hydrogens is 394 g/mol. The van der Waals surface area contributed by atoms with E-state index in [9.17, 15) is 14.4 Å². The maximum atomic E-state index is 13.7. The van der Waals surface area contributed by atoms with Crippen molar-refractivity contribution >= 4 is 11.8 Å². The monoisotopic (exact) mass is 423 g/mol. The topological polar surface area (TPSA) is 80.6 Å². The van der Waals surface area contributed by atoms with Crippen LogP contribution >= 0.6 is 0 Å². The van der Waals surface area contributed by atoms with Gasteiger partial charge in [-0.2, -0.15) is 0 Å². The van der Waals surface area contributed by atoms with Crippen LogP contribution in [0.15, 0.2) is 35.1 Å². The number of ether oxygens (including phenoxy) is 1. The van der Waals surface area contributed by atoms with Crippen molar-refractivity contribution in [2.24, 2.45) is 0 Å². The highest BCUT2D eigenvalue weighted by Crippen LogP contribution is 2.25. The number of likely N-dealkylation sites (N-methyl/N-ethyl adjacent to an activating group) is 1. The van der Waals surface area contributed by atoms with Crippen LogP contribution in [0.5, 0.6) is 0 Å². The number of nitrogens with one attached hydrogen (secondary N) is 1. The molecule has 0 bridgehead atoms. The zero-order chi connectivity index (χ0) is 22.1. The van der Waals surface area contributed by atoms with Crippen LogP contribution in [0, 0.1) is 13.8 Å². The van der Waals surface area contributed by atoms with Gasteiger partial charge in [-0.05, 0) is 49.4 Å². The molecule has 7 heteroatoms. The van der Waals surface area contributed by atoms with Crippen molar-refractivity contribution in [2.45, 2.75) is 58.3 Å². The summed E-state index contributed by atoms with van der Waals surface area (Å²) in [4.78, 5) is 41.3. The van der Waals surface area contributed by atoms with Crippen LogP contribution in [-0.4, -0.2) is 47.1 Å². The summed E-state index contributed by atoms with van der Waals surface area (Å²) in [6, 6.07) is 9.03. The lowest BCUT2D eigenvalue weighted by Gasteiger charge is -2.36. The SMILES string of the molecule is CNC(=O)[C@H]1Cc2ccccc2CN1C(=O)c1c(C)cc(C)n(CC2CCCO2)c1=O. The molecule has 3 heterocycles. The average Bonchev–Trinajstić information content (AvgIpc) is 3.28. The number of aryl methyl sites for hydroxylation is 2. The normalized spacial score (nSPS) is 20.4. The second kappa shape index (κ2) is 8.67. The first kappa shape index (κ1) is 21.3. The predicted octanol–water partition coefficient (Wildman–Crippen LogP) is 1.96. The lowest BCUT2D eigenvalue weighted by atomic mass is 9.92. The van der Waals surface area contributed by atoms with Crippen molar-refractivity contribution in [3.05, 3.63) is 68.6 Å². The largest absolute Gasteiger partial charge is 0.376 e. The van der Waals surface area contributed by atoms with Gasteiger partial charge in [-0.25, -0.2) is 0 Å². The fraction of sp³-hybridized carbons (Fsp3) is 0.458. The Labute approximate surface area is 182 Å². The minimum atomic E-state index is -0.654. The molecule has 2 amide bonds. The Hall–Kier alpha value is -2.93. The number of fused-ring (bicyclic) bond motifs is 1. The Morgan fingerprint density at radius 3 is 2.61 bits per heavy atom. The summed E-state index contributed by atoms with van der Waals surface area (Å²) >= 11 is 0. The van der Waals surface area contributed by atoms with E-state index in [2.05, 4.69) is 5.32 Å². The maximum absolute atomic E-state index is 13.7. The summed E-state index contributed by atoms with van der Waals surface area (Å²) in [6.07, 6.45) is 2.31. The number of hydrogen-bond donors (Lipinski definition) is 1. The zero-order valence-electron chi connectivity index (χ0n) is 18.3. The van der Waals surface area contributed by atoms with Crippen LogP contribution in [-0.2, 0) is 29.0 Å². The molecule has 2 aromatic rings. The molecule has 1 unspecified atom stereocenters. The van der Waals surface area contributed by atoms with Crippen LogP contribution in [0.25, 0.3) is 0 Å². The predicted molar refractivity (Wildman–Crippen MR) is 117 cm³/mol.